The molecule has 4 rings (SSSR count). The summed E-state index contributed by atoms with van der Waals surface area (Å²) in [5.41, 5.74) is 7.37. The average molecular weight is 823 g/mol. The topological polar surface area (TPSA) is 290 Å². The molecule has 0 radical (unpaired) electrons. The van der Waals surface area contributed by atoms with Gasteiger partial charge in [0.15, 0.2) is 7.06 Å². The third-order valence-corrected chi connectivity index (χ3v) is 9.82. The van der Waals surface area contributed by atoms with E-state index in [1.54, 1.807) is 75.5 Å². The van der Waals surface area contributed by atoms with Crippen LogP contribution in [0.4, 0.5) is 0 Å². The van der Waals surface area contributed by atoms with E-state index in [-0.39, 0.29) is 39.4 Å². The van der Waals surface area contributed by atoms with Gasteiger partial charge >= 0.3 is 5.97 Å². The average Bonchev–Trinajstić information content (AvgIpc) is 3.88. The molecule has 0 spiro atoms. The van der Waals surface area contributed by atoms with Gasteiger partial charge < -0.3 is 57.8 Å². The van der Waals surface area contributed by atoms with Gasteiger partial charge in [-0.1, -0.05) is 70.5 Å². The Kier molecular flexibility index (Phi) is 13.6. The summed E-state index contributed by atoms with van der Waals surface area (Å²) in [5, 5.41) is 25.2. The van der Waals surface area contributed by atoms with E-state index in [4.69, 9.17) is 12.8 Å². The number of carboxylic acids is 1. The first kappa shape index (κ1) is 38.3. The van der Waals surface area contributed by atoms with Crippen LogP contribution in [0.5, 0.6) is 0 Å². The highest BCUT2D eigenvalue weighted by Gasteiger charge is 2.36. The predicted molar refractivity (Wildman–Crippen MR) is 219 cm³/mol. The summed E-state index contributed by atoms with van der Waals surface area (Å²) in [6, 6.07) is 4.53. The minimum atomic E-state index is -2.25. The van der Waals surface area contributed by atoms with E-state index in [2.05, 4.69) is 15.3 Å². The molecule has 0 fully saturated rings. The number of hydrogen-bond donors (Lipinski definition) is 11. The molecule has 0 saturated heterocycles. The molecule has 0 aliphatic rings. The molecule has 318 valence electrons. The maximum absolute atomic E-state index is 14.7. The molecule has 4 aromatic rings. The van der Waals surface area contributed by atoms with Crippen molar-refractivity contribution in [1.82, 2.24) is 41.8 Å². The van der Waals surface area contributed by atoms with Gasteiger partial charge in [0.1, 0.15) is 30.2 Å². The number of hydrogen-bond acceptors (Lipinski definition) is 9. The number of carbonyl (C=O) groups is 7. The zero-order valence-corrected chi connectivity index (χ0v) is 33.5. The highest BCUT2D eigenvalue weighted by molar-refractivity contribution is 5.97. The van der Waals surface area contributed by atoms with Crippen molar-refractivity contribution in [3.63, 3.8) is 0 Å². The first-order chi connectivity index (χ1) is 30.2. The Morgan fingerprint density at radius 2 is 1.20 bits per heavy atom. The van der Waals surface area contributed by atoms with E-state index < -0.39 is 109 Å². The van der Waals surface area contributed by atoms with Crippen LogP contribution in [0, 0.1) is 11.8 Å². The van der Waals surface area contributed by atoms with Crippen molar-refractivity contribution in [3.8, 4) is 0 Å². The number of rotatable bonds is 21. The summed E-state index contributed by atoms with van der Waals surface area (Å²) in [5.74, 6) is -10.2. The summed E-state index contributed by atoms with van der Waals surface area (Å²) in [4.78, 5) is 101. The number of para-hydroxylation sites is 2. The Balaban J connectivity index is 1.76. The maximum Gasteiger partial charge on any atom is 0.326 e. The van der Waals surface area contributed by atoms with E-state index in [1.807, 2.05) is 0 Å². The SMILES string of the molecule is [2H]N(CC(=O)N([2H])[C@H](C(=O)N([2H])[C@@H](Cc1c[nH]c2ccccc12)C(=O)N([2H])[C@H](C(=O)N([2H])[C@@H](Cc1c[nH]c2ccccc12)C(=O)N[C@H](C(=O)O)C(C)C)[C@@H](C)O)[C@@H](C)CC)C(=O)CN. The van der Waals surface area contributed by atoms with Gasteiger partial charge in [-0.3, -0.25) is 28.8 Å². The van der Waals surface area contributed by atoms with Crippen molar-refractivity contribution in [1.29, 1.82) is 0 Å². The van der Waals surface area contributed by atoms with Crippen LogP contribution in [0.2, 0.25) is 7.06 Å². The molecule has 18 nitrogen and oxygen atoms in total. The van der Waals surface area contributed by atoms with Crippen molar-refractivity contribution in [2.75, 3.05) is 13.1 Å². The number of H-pyrrole nitrogens is 2. The number of aromatic amines is 2. The van der Waals surface area contributed by atoms with Gasteiger partial charge in [-0.05, 0) is 42.0 Å². The zero-order valence-electron chi connectivity index (χ0n) is 38.5. The van der Waals surface area contributed by atoms with Crippen LogP contribution in [0.1, 0.15) is 52.2 Å². The van der Waals surface area contributed by atoms with Crippen LogP contribution in [0.15, 0.2) is 60.9 Å². The molecule has 2 aromatic heterocycles. The minimum Gasteiger partial charge on any atom is -0.480 e. The van der Waals surface area contributed by atoms with Crippen LogP contribution >= 0.6 is 0 Å². The predicted octanol–water partition coefficient (Wildman–Crippen LogP) is 0.101. The highest BCUT2D eigenvalue weighted by atomic mass is 16.4. The van der Waals surface area contributed by atoms with Gasteiger partial charge in [-0.25, -0.2) is 4.79 Å². The van der Waals surface area contributed by atoms with Crippen molar-refractivity contribution in [2.45, 2.75) is 90.2 Å². The smallest absolute Gasteiger partial charge is 0.326 e. The van der Waals surface area contributed by atoms with Crippen molar-refractivity contribution in [2.24, 2.45) is 17.6 Å². The van der Waals surface area contributed by atoms with Crippen LogP contribution in [-0.2, 0) is 46.4 Å². The molecule has 12 N–H and O–H groups in total. The summed E-state index contributed by atoms with van der Waals surface area (Å²) in [6.45, 7) is 5.68. The summed E-state index contributed by atoms with van der Waals surface area (Å²) >= 11 is 0. The zero-order chi connectivity index (χ0) is 47.7. The minimum absolute atomic E-state index is 0.00989. The number of benzene rings is 2. The molecule has 2 heterocycles. The van der Waals surface area contributed by atoms with E-state index in [1.165, 1.54) is 13.1 Å². The van der Waals surface area contributed by atoms with Crippen molar-refractivity contribution in [3.05, 3.63) is 72.1 Å². The fraction of sp³-hybridized carbons (Fsp3) is 0.439. The van der Waals surface area contributed by atoms with Crippen LogP contribution in [0.25, 0.3) is 21.8 Å². The number of aliphatic hydroxyl groups is 1. The molecule has 0 bridgehead atoms. The lowest BCUT2D eigenvalue weighted by Crippen LogP contribution is -2.62. The third-order valence-electron chi connectivity index (χ3n) is 9.82. The monoisotopic (exact) mass is 822 g/mol. The van der Waals surface area contributed by atoms with Crippen LogP contribution in [-0.4, -0.2) is 111 Å². The number of aliphatic carboxylic acids is 1. The number of carboxylic acid groups (broad SMARTS) is 1. The molecule has 0 unspecified atom stereocenters. The fourth-order valence-electron chi connectivity index (χ4n) is 6.28. The number of fused-ring (bicyclic) bond motifs is 2. The number of amides is 6. The van der Waals surface area contributed by atoms with Crippen molar-refractivity contribution < 1.29 is 50.8 Å². The number of aliphatic hydroxyl groups excluding tert-OH is 1. The number of aromatic nitrogens is 2. The molecule has 6 amide bonds. The van der Waals surface area contributed by atoms with Crippen LogP contribution < -0.4 is 37.6 Å². The van der Waals surface area contributed by atoms with E-state index in [0.29, 0.717) is 32.9 Å². The lowest BCUT2D eigenvalue weighted by Gasteiger charge is -2.29. The molecule has 0 aliphatic carbocycles. The number of carbonyl (C=O) groups excluding carboxylic acids is 6. The van der Waals surface area contributed by atoms with Crippen LogP contribution in [0.3, 0.4) is 0 Å². The van der Waals surface area contributed by atoms with E-state index in [9.17, 15) is 43.8 Å². The summed E-state index contributed by atoms with van der Waals surface area (Å²) < 4.78 is 43.6. The molecular formula is C41H55N9O9. The maximum atomic E-state index is 14.7. The van der Waals surface area contributed by atoms with E-state index >= 15 is 0 Å². The number of nitrogens with one attached hydrogen (secondary N) is 8. The third kappa shape index (κ3) is 12.1. The Bertz CT molecular complexity index is 2330. The lowest BCUT2D eigenvalue weighted by molar-refractivity contribution is -0.143. The molecular weight excluding hydrogens is 763 g/mol. The molecule has 18 heteroatoms. The Hall–Kier alpha value is -6.27. The standard InChI is InChI=1S/C41H55N9O9/c1-6-22(4)35(48-33(53)20-45-32(52)17-42)39(56)46-31(16-25-19-44-29-14-10-8-12-27(25)29)38(55)50-36(23(5)51)40(57)47-30(37(54)49-34(21(2)3)41(58)59)15-24-18-43-28-13-9-7-11-26(24)28/h7-14,18-19,21-23,30-31,34-36,43-44,51H,6,15-17,20,42H2,1-5H3,(H,45,52)(H,46,56)(H,47,57)(H,48,53)(H,49,54)(H,50,55)(H,58,59)/t22-,23+,30-,31-,34-,35-,36-/m0/s1/i/hD5. The second-order valence-corrected chi connectivity index (χ2v) is 14.6. The second-order valence-electron chi connectivity index (χ2n) is 14.6. The molecule has 2 aromatic carbocycles. The molecule has 59 heavy (non-hydrogen) atoms. The fourth-order valence-corrected chi connectivity index (χ4v) is 6.28. The quantitative estimate of drug-likeness (QED) is 0.0539. The highest BCUT2D eigenvalue weighted by Crippen LogP contribution is 2.21. The van der Waals surface area contributed by atoms with E-state index in [0.717, 1.165) is 6.92 Å². The van der Waals surface area contributed by atoms with Gasteiger partial charge in [0, 0.05) is 47.0 Å². The van der Waals surface area contributed by atoms with Gasteiger partial charge in [0.25, 0.3) is 0 Å². The Morgan fingerprint density at radius 1 is 0.695 bits per heavy atom. The van der Waals surface area contributed by atoms with Gasteiger partial charge in [-0.2, -0.15) is 0 Å². The normalized spacial score (nSPS) is 16.1. The number of nitrogens with two attached hydrogens (primary N) is 1. The Morgan fingerprint density at radius 3 is 1.68 bits per heavy atom. The van der Waals surface area contributed by atoms with Crippen molar-refractivity contribution >= 4 is 63.2 Å². The lowest BCUT2D eigenvalue weighted by atomic mass is 9.97. The molecule has 0 aliphatic heterocycles. The van der Waals surface area contributed by atoms with Gasteiger partial charge in [-0.15, -0.1) is 0 Å². The molecule has 7 atom stereocenters. The Labute approximate surface area is 348 Å². The summed E-state index contributed by atoms with van der Waals surface area (Å²) in [7, 11) is 0. The molecule has 0 saturated carbocycles. The largest absolute Gasteiger partial charge is 0.480 e. The van der Waals surface area contributed by atoms with Gasteiger partial charge in [0.2, 0.25) is 35.4 Å². The van der Waals surface area contributed by atoms with Gasteiger partial charge in [0.05, 0.1) is 19.2 Å². The summed E-state index contributed by atoms with van der Waals surface area (Å²) in [6.07, 6.45) is 0.455. The first-order valence-electron chi connectivity index (χ1n) is 21.5. The first-order valence-corrected chi connectivity index (χ1v) is 19.2. The second kappa shape index (κ2) is 20.9.